The molecule has 0 aliphatic carbocycles. The van der Waals surface area contributed by atoms with E-state index < -0.39 is 5.60 Å². The molecule has 0 bridgehead atoms. The molecule has 0 aliphatic heterocycles. The lowest BCUT2D eigenvalue weighted by atomic mass is 10.00. The van der Waals surface area contributed by atoms with E-state index in [4.69, 9.17) is 4.42 Å². The lowest BCUT2D eigenvalue weighted by Crippen LogP contribution is -2.37. The molecule has 4 heteroatoms. The third-order valence-electron chi connectivity index (χ3n) is 3.68. The van der Waals surface area contributed by atoms with Gasteiger partial charge in [0.2, 0.25) is 0 Å². The van der Waals surface area contributed by atoms with E-state index in [1.54, 1.807) is 25.1 Å². The van der Waals surface area contributed by atoms with Crippen molar-refractivity contribution in [1.82, 2.24) is 5.32 Å². The molecule has 1 aromatic carbocycles. The van der Waals surface area contributed by atoms with E-state index in [2.05, 4.69) is 5.32 Å². The Morgan fingerprint density at radius 3 is 2.52 bits per heavy atom. The number of nitrogens with one attached hydrogen (secondary N) is 1. The van der Waals surface area contributed by atoms with Crippen molar-refractivity contribution in [1.29, 1.82) is 0 Å². The number of phenolic OH excluding ortho intramolecular Hbond substituents is 1. The Balaban J connectivity index is 2.08. The fourth-order valence-corrected chi connectivity index (χ4v) is 2.39. The zero-order valence-corrected chi connectivity index (χ0v) is 12.8. The van der Waals surface area contributed by atoms with Crippen molar-refractivity contribution in [2.24, 2.45) is 0 Å². The third-order valence-corrected chi connectivity index (χ3v) is 3.68. The van der Waals surface area contributed by atoms with E-state index in [-0.39, 0.29) is 11.8 Å². The predicted molar refractivity (Wildman–Crippen MR) is 82.2 cm³/mol. The molecule has 0 spiro atoms. The highest BCUT2D eigenvalue weighted by Gasteiger charge is 2.28. The molecule has 0 unspecified atom stereocenters. The van der Waals surface area contributed by atoms with E-state index in [0.29, 0.717) is 12.3 Å². The zero-order valence-electron chi connectivity index (χ0n) is 12.8. The molecule has 0 saturated carbocycles. The lowest BCUT2D eigenvalue weighted by Gasteiger charge is -2.26. The second-order valence-corrected chi connectivity index (χ2v) is 5.58. The number of hydrogen-bond donors (Lipinski definition) is 3. The van der Waals surface area contributed by atoms with E-state index in [1.807, 2.05) is 32.0 Å². The van der Waals surface area contributed by atoms with Crippen LogP contribution in [0.15, 0.2) is 40.8 Å². The number of benzene rings is 1. The first kappa shape index (κ1) is 15.6. The molecule has 0 saturated heterocycles. The topological polar surface area (TPSA) is 65.6 Å². The number of hydrogen-bond acceptors (Lipinski definition) is 4. The summed E-state index contributed by atoms with van der Waals surface area (Å²) < 4.78 is 5.50. The van der Waals surface area contributed by atoms with Crippen LogP contribution in [0.1, 0.15) is 43.4 Å². The van der Waals surface area contributed by atoms with Gasteiger partial charge in [0.25, 0.3) is 0 Å². The number of aryl methyl sites for hydroxylation is 1. The maximum Gasteiger partial charge on any atom is 0.136 e. The van der Waals surface area contributed by atoms with Gasteiger partial charge in [-0.25, -0.2) is 0 Å². The molecule has 2 rings (SSSR count). The van der Waals surface area contributed by atoms with Crippen LogP contribution in [0.2, 0.25) is 0 Å². The Morgan fingerprint density at radius 1 is 1.24 bits per heavy atom. The molecule has 0 amide bonds. The molecule has 21 heavy (non-hydrogen) atoms. The lowest BCUT2D eigenvalue weighted by molar-refractivity contribution is 0.0305. The molecule has 0 fully saturated rings. The number of aromatic hydroxyl groups is 1. The Labute approximate surface area is 125 Å². The first-order chi connectivity index (χ1) is 9.94. The Bertz CT molecular complexity index is 589. The first-order valence-electron chi connectivity index (χ1n) is 7.24. The summed E-state index contributed by atoms with van der Waals surface area (Å²) in [5.41, 5.74) is -0.252. The van der Waals surface area contributed by atoms with Gasteiger partial charge in [0.05, 0.1) is 0 Å². The standard InChI is InChI=1S/C17H23NO3/c1-4-14(13-7-5-6-8-15(13)19)18-11-17(3,20)16-10-9-12(2)21-16/h5-10,14,18-20H,4,11H2,1-3H3/t14-,17-/m1/s1. The molecule has 0 aliphatic rings. The van der Waals surface area contributed by atoms with Crippen LogP contribution in [0.4, 0.5) is 0 Å². The van der Waals surface area contributed by atoms with Crippen molar-refractivity contribution in [3.8, 4) is 5.75 Å². The molecule has 114 valence electrons. The van der Waals surface area contributed by atoms with Gasteiger partial charge >= 0.3 is 0 Å². The summed E-state index contributed by atoms with van der Waals surface area (Å²) in [6.45, 7) is 5.95. The first-order valence-corrected chi connectivity index (χ1v) is 7.24. The van der Waals surface area contributed by atoms with Crippen LogP contribution in [0.3, 0.4) is 0 Å². The van der Waals surface area contributed by atoms with Gasteiger partial charge in [-0.3, -0.25) is 0 Å². The molecular weight excluding hydrogens is 266 g/mol. The predicted octanol–water partition coefficient (Wildman–Crippen LogP) is 3.24. The van der Waals surface area contributed by atoms with Gasteiger partial charge in [-0.05, 0) is 38.5 Å². The van der Waals surface area contributed by atoms with Gasteiger partial charge in [-0.1, -0.05) is 25.1 Å². The van der Waals surface area contributed by atoms with Crippen molar-refractivity contribution in [3.63, 3.8) is 0 Å². The van der Waals surface area contributed by atoms with Crippen molar-refractivity contribution in [2.45, 2.75) is 38.8 Å². The summed E-state index contributed by atoms with van der Waals surface area (Å²) in [6.07, 6.45) is 0.810. The molecule has 4 nitrogen and oxygen atoms in total. The normalized spacial score (nSPS) is 15.6. The van der Waals surface area contributed by atoms with Gasteiger partial charge in [0.1, 0.15) is 22.9 Å². The van der Waals surface area contributed by atoms with Crippen LogP contribution >= 0.6 is 0 Å². The highest BCUT2D eigenvalue weighted by Crippen LogP contribution is 2.28. The van der Waals surface area contributed by atoms with Crippen molar-refractivity contribution >= 4 is 0 Å². The van der Waals surface area contributed by atoms with Crippen LogP contribution in [0.25, 0.3) is 0 Å². The summed E-state index contributed by atoms with van der Waals surface area (Å²) in [6, 6.07) is 10.9. The Hall–Kier alpha value is -1.78. The van der Waals surface area contributed by atoms with Crippen LogP contribution < -0.4 is 5.32 Å². The monoisotopic (exact) mass is 289 g/mol. The van der Waals surface area contributed by atoms with E-state index in [1.165, 1.54) is 0 Å². The maximum absolute atomic E-state index is 10.5. The maximum atomic E-state index is 10.5. The zero-order chi connectivity index (χ0) is 15.5. The summed E-state index contributed by atoms with van der Waals surface area (Å²) in [7, 11) is 0. The SMILES string of the molecule is CC[C@@H](NC[C@@](C)(O)c1ccc(C)o1)c1ccccc1O. The van der Waals surface area contributed by atoms with E-state index in [0.717, 1.165) is 17.7 Å². The van der Waals surface area contributed by atoms with Crippen molar-refractivity contribution < 1.29 is 14.6 Å². The minimum Gasteiger partial charge on any atom is -0.508 e. The number of phenols is 1. The minimum absolute atomic E-state index is 0.0197. The summed E-state index contributed by atoms with van der Waals surface area (Å²) in [5, 5.41) is 23.8. The minimum atomic E-state index is -1.09. The van der Waals surface area contributed by atoms with Gasteiger partial charge < -0.3 is 19.9 Å². The highest BCUT2D eigenvalue weighted by atomic mass is 16.4. The number of rotatable bonds is 6. The fraction of sp³-hybridized carbons (Fsp3) is 0.412. The van der Waals surface area contributed by atoms with E-state index in [9.17, 15) is 10.2 Å². The summed E-state index contributed by atoms with van der Waals surface area (Å²) in [5.74, 6) is 1.59. The van der Waals surface area contributed by atoms with Crippen LogP contribution in [0.5, 0.6) is 5.75 Å². The van der Waals surface area contributed by atoms with Crippen LogP contribution in [-0.4, -0.2) is 16.8 Å². The molecule has 2 atom stereocenters. The molecule has 0 radical (unpaired) electrons. The number of para-hydroxylation sites is 1. The van der Waals surface area contributed by atoms with E-state index >= 15 is 0 Å². The van der Waals surface area contributed by atoms with Gasteiger partial charge in [-0.15, -0.1) is 0 Å². The average molecular weight is 289 g/mol. The van der Waals surface area contributed by atoms with Gasteiger partial charge in [0, 0.05) is 18.2 Å². The fourth-order valence-electron chi connectivity index (χ4n) is 2.39. The van der Waals surface area contributed by atoms with Crippen LogP contribution in [0, 0.1) is 6.92 Å². The third kappa shape index (κ3) is 3.65. The quantitative estimate of drug-likeness (QED) is 0.764. The van der Waals surface area contributed by atoms with Crippen molar-refractivity contribution in [3.05, 3.63) is 53.5 Å². The van der Waals surface area contributed by atoms with Gasteiger partial charge in [0.15, 0.2) is 0 Å². The number of aliphatic hydroxyl groups is 1. The Morgan fingerprint density at radius 2 is 1.95 bits per heavy atom. The summed E-state index contributed by atoms with van der Waals surface area (Å²) >= 11 is 0. The molecule has 3 N–H and O–H groups in total. The van der Waals surface area contributed by atoms with Crippen molar-refractivity contribution in [2.75, 3.05) is 6.54 Å². The molecule has 1 aromatic heterocycles. The molecular formula is C17H23NO3. The second kappa shape index (κ2) is 6.33. The van der Waals surface area contributed by atoms with Gasteiger partial charge in [-0.2, -0.15) is 0 Å². The Kier molecular flexibility index (Phi) is 4.70. The van der Waals surface area contributed by atoms with Crippen LogP contribution in [-0.2, 0) is 5.60 Å². The smallest absolute Gasteiger partial charge is 0.136 e. The second-order valence-electron chi connectivity index (χ2n) is 5.58. The highest BCUT2D eigenvalue weighted by molar-refractivity contribution is 5.34. The molecule has 2 aromatic rings. The largest absolute Gasteiger partial charge is 0.508 e. The number of furan rings is 1. The summed E-state index contributed by atoms with van der Waals surface area (Å²) in [4.78, 5) is 0. The molecule has 1 heterocycles. The average Bonchev–Trinajstić information content (AvgIpc) is 2.89.